The van der Waals surface area contributed by atoms with Crippen molar-refractivity contribution in [1.82, 2.24) is 10.6 Å². The Bertz CT molecular complexity index is 622. The average Bonchev–Trinajstić information content (AvgIpc) is 3.19. The second-order valence-electron chi connectivity index (χ2n) is 7.51. The maximum absolute atomic E-state index is 11.5. The molecular formula is C22H35N3O3. The number of hydrogen-bond donors (Lipinski definition) is 2. The Morgan fingerprint density at radius 1 is 1.14 bits per heavy atom. The molecular weight excluding hydrogens is 354 g/mol. The van der Waals surface area contributed by atoms with Crippen LogP contribution in [0.25, 0.3) is 0 Å². The van der Waals surface area contributed by atoms with Gasteiger partial charge in [-0.25, -0.2) is 4.79 Å². The third kappa shape index (κ3) is 6.82. The molecule has 1 saturated carbocycles. The van der Waals surface area contributed by atoms with Crippen LogP contribution in [-0.2, 0) is 15.9 Å². The highest BCUT2D eigenvalue weighted by Gasteiger charge is 2.33. The highest BCUT2D eigenvalue weighted by molar-refractivity contribution is 5.89. The Hall–Kier alpha value is -2.08. The number of aliphatic imine (C=N–C) groups is 1. The predicted octanol–water partition coefficient (Wildman–Crippen LogP) is 3.17. The molecule has 0 aromatic heterocycles. The second-order valence-corrected chi connectivity index (χ2v) is 7.51. The van der Waals surface area contributed by atoms with Crippen LogP contribution in [0.2, 0.25) is 0 Å². The number of nitrogens with one attached hydrogen (secondary N) is 2. The van der Waals surface area contributed by atoms with Crippen LogP contribution in [0.5, 0.6) is 0 Å². The Morgan fingerprint density at radius 3 is 2.46 bits per heavy atom. The van der Waals surface area contributed by atoms with E-state index in [0.717, 1.165) is 45.0 Å². The van der Waals surface area contributed by atoms with E-state index in [1.807, 2.05) is 12.1 Å². The number of ether oxygens (including phenoxy) is 2. The van der Waals surface area contributed by atoms with Crippen LogP contribution >= 0.6 is 0 Å². The topological polar surface area (TPSA) is 72.0 Å². The van der Waals surface area contributed by atoms with Crippen LogP contribution in [0.1, 0.15) is 54.9 Å². The monoisotopic (exact) mass is 389 g/mol. The zero-order valence-electron chi connectivity index (χ0n) is 17.6. The molecule has 0 saturated heterocycles. The number of benzene rings is 1. The highest BCUT2D eigenvalue weighted by Crippen LogP contribution is 2.41. The molecule has 156 valence electrons. The number of nitrogens with zero attached hydrogens (tertiary/aromatic N) is 1. The van der Waals surface area contributed by atoms with Crippen molar-refractivity contribution in [2.75, 3.05) is 40.5 Å². The summed E-state index contributed by atoms with van der Waals surface area (Å²) in [5.41, 5.74) is 2.04. The molecule has 1 aliphatic rings. The summed E-state index contributed by atoms with van der Waals surface area (Å²) in [5, 5.41) is 6.78. The van der Waals surface area contributed by atoms with E-state index < -0.39 is 0 Å². The molecule has 6 nitrogen and oxygen atoms in total. The summed E-state index contributed by atoms with van der Waals surface area (Å²) in [6, 6.07) is 7.55. The Kier molecular flexibility index (Phi) is 9.28. The largest absolute Gasteiger partial charge is 0.465 e. The summed E-state index contributed by atoms with van der Waals surface area (Å²) in [7, 11) is 3.17. The molecule has 1 aromatic rings. The predicted molar refractivity (Wildman–Crippen MR) is 113 cm³/mol. The molecule has 0 amide bonds. The average molecular weight is 390 g/mol. The zero-order chi connectivity index (χ0) is 20.2. The first-order valence-corrected chi connectivity index (χ1v) is 10.3. The van der Waals surface area contributed by atoms with Crippen molar-refractivity contribution in [3.05, 3.63) is 35.4 Å². The number of hydrogen-bond acceptors (Lipinski definition) is 4. The van der Waals surface area contributed by atoms with Gasteiger partial charge in [0.25, 0.3) is 0 Å². The van der Waals surface area contributed by atoms with Gasteiger partial charge in [-0.3, -0.25) is 4.99 Å². The van der Waals surface area contributed by atoms with Gasteiger partial charge in [-0.15, -0.1) is 0 Å². The van der Waals surface area contributed by atoms with Crippen molar-refractivity contribution in [3.63, 3.8) is 0 Å². The molecule has 1 fully saturated rings. The lowest BCUT2D eigenvalue weighted by molar-refractivity contribution is 0.0600. The van der Waals surface area contributed by atoms with Gasteiger partial charge in [0.05, 0.1) is 12.7 Å². The summed E-state index contributed by atoms with van der Waals surface area (Å²) in [5.74, 6) is 0.568. The van der Waals surface area contributed by atoms with Gasteiger partial charge in [0, 0.05) is 33.4 Å². The molecule has 6 heteroatoms. The maximum atomic E-state index is 11.5. The van der Waals surface area contributed by atoms with Gasteiger partial charge in [0.2, 0.25) is 0 Å². The summed E-state index contributed by atoms with van der Waals surface area (Å²) in [4.78, 5) is 16.4. The third-order valence-corrected chi connectivity index (χ3v) is 5.50. The van der Waals surface area contributed by atoms with Crippen molar-refractivity contribution in [3.8, 4) is 0 Å². The van der Waals surface area contributed by atoms with E-state index in [1.54, 1.807) is 19.2 Å². The van der Waals surface area contributed by atoms with Crippen LogP contribution < -0.4 is 10.6 Å². The molecule has 0 heterocycles. The molecule has 2 N–H and O–H groups in total. The summed E-state index contributed by atoms with van der Waals surface area (Å²) < 4.78 is 10.1. The van der Waals surface area contributed by atoms with E-state index in [0.29, 0.717) is 11.0 Å². The number of esters is 1. The molecule has 0 bridgehead atoms. The Balaban J connectivity index is 1.87. The number of carbonyl (C=O) groups is 1. The van der Waals surface area contributed by atoms with E-state index in [1.165, 1.54) is 38.4 Å². The SMILES string of the molecule is CCNC(=NCC1(CCOC)CCCC1)NCCc1ccc(C(=O)OC)cc1. The van der Waals surface area contributed by atoms with Gasteiger partial charge >= 0.3 is 5.97 Å². The molecule has 0 radical (unpaired) electrons. The molecule has 0 aliphatic heterocycles. The minimum atomic E-state index is -0.305. The molecule has 1 aromatic carbocycles. The first-order chi connectivity index (χ1) is 13.6. The maximum Gasteiger partial charge on any atom is 0.337 e. The molecule has 0 spiro atoms. The quantitative estimate of drug-likeness (QED) is 0.365. The van der Waals surface area contributed by atoms with Crippen LogP contribution in [0.3, 0.4) is 0 Å². The normalized spacial score (nSPS) is 16.0. The van der Waals surface area contributed by atoms with Crippen LogP contribution in [-0.4, -0.2) is 52.4 Å². The standard InChI is InChI=1S/C22H35N3O3/c1-4-23-21(25-17-22(14-16-27-2)12-5-6-13-22)24-15-11-18-7-9-19(10-8-18)20(26)28-3/h7-10H,4-6,11-17H2,1-3H3,(H2,23,24,25). The number of guanidine groups is 1. The van der Waals surface area contributed by atoms with Gasteiger partial charge in [-0.1, -0.05) is 25.0 Å². The summed E-state index contributed by atoms with van der Waals surface area (Å²) in [6.45, 7) is 5.36. The molecule has 1 aliphatic carbocycles. The number of rotatable bonds is 10. The third-order valence-electron chi connectivity index (χ3n) is 5.50. The fourth-order valence-electron chi connectivity index (χ4n) is 3.77. The van der Waals surface area contributed by atoms with E-state index in [-0.39, 0.29) is 5.97 Å². The van der Waals surface area contributed by atoms with Crippen LogP contribution in [0.15, 0.2) is 29.3 Å². The molecule has 0 unspecified atom stereocenters. The van der Waals surface area contributed by atoms with Gasteiger partial charge < -0.3 is 20.1 Å². The minimum absolute atomic E-state index is 0.294. The first-order valence-electron chi connectivity index (χ1n) is 10.3. The smallest absolute Gasteiger partial charge is 0.337 e. The van der Waals surface area contributed by atoms with E-state index >= 15 is 0 Å². The fourth-order valence-corrected chi connectivity index (χ4v) is 3.77. The summed E-state index contributed by atoms with van der Waals surface area (Å²) >= 11 is 0. The second kappa shape index (κ2) is 11.7. The highest BCUT2D eigenvalue weighted by atomic mass is 16.5. The van der Waals surface area contributed by atoms with E-state index in [4.69, 9.17) is 14.5 Å². The van der Waals surface area contributed by atoms with Gasteiger partial charge in [-0.2, -0.15) is 0 Å². The van der Waals surface area contributed by atoms with Crippen molar-refractivity contribution >= 4 is 11.9 Å². The van der Waals surface area contributed by atoms with Crippen molar-refractivity contribution in [1.29, 1.82) is 0 Å². The van der Waals surface area contributed by atoms with Gasteiger partial charge in [-0.05, 0) is 55.7 Å². The molecule has 28 heavy (non-hydrogen) atoms. The Morgan fingerprint density at radius 2 is 1.86 bits per heavy atom. The van der Waals surface area contributed by atoms with Gasteiger partial charge in [0.15, 0.2) is 5.96 Å². The van der Waals surface area contributed by atoms with Gasteiger partial charge in [0.1, 0.15) is 0 Å². The molecule has 0 atom stereocenters. The van der Waals surface area contributed by atoms with Crippen molar-refractivity contribution in [2.24, 2.45) is 10.4 Å². The minimum Gasteiger partial charge on any atom is -0.465 e. The van der Waals surface area contributed by atoms with Crippen molar-refractivity contribution in [2.45, 2.75) is 45.4 Å². The van der Waals surface area contributed by atoms with E-state index in [2.05, 4.69) is 17.6 Å². The molecule has 2 rings (SSSR count). The lowest BCUT2D eigenvalue weighted by Crippen LogP contribution is -2.39. The lowest BCUT2D eigenvalue weighted by atomic mass is 9.83. The lowest BCUT2D eigenvalue weighted by Gasteiger charge is -2.27. The Labute approximate surface area is 169 Å². The first kappa shape index (κ1) is 22.2. The van der Waals surface area contributed by atoms with Crippen molar-refractivity contribution < 1.29 is 14.3 Å². The van der Waals surface area contributed by atoms with E-state index in [9.17, 15) is 4.79 Å². The zero-order valence-corrected chi connectivity index (χ0v) is 17.6. The number of carbonyl (C=O) groups excluding carboxylic acids is 1. The fraction of sp³-hybridized carbons (Fsp3) is 0.636. The van der Waals surface area contributed by atoms with Crippen LogP contribution in [0, 0.1) is 5.41 Å². The number of methoxy groups -OCH3 is 2. The van der Waals surface area contributed by atoms with Crippen LogP contribution in [0.4, 0.5) is 0 Å². The summed E-state index contributed by atoms with van der Waals surface area (Å²) in [6.07, 6.45) is 7.02.